The number of hydrogen-bond donors (Lipinski definition) is 2. The van der Waals surface area contributed by atoms with Crippen LogP contribution in [0.15, 0.2) is 48.2 Å². The van der Waals surface area contributed by atoms with E-state index < -0.39 is 35.9 Å². The molecule has 0 aliphatic carbocycles. The molecular weight excluding hydrogens is 408 g/mol. The lowest BCUT2D eigenvalue weighted by atomic mass is 9.69. The molecular formula is C24H26F4N2O. The largest absolute Gasteiger partial charge is 0.417 e. The summed E-state index contributed by atoms with van der Waals surface area (Å²) in [6, 6.07) is 12.2. The smallest absolute Gasteiger partial charge is 0.402 e. The van der Waals surface area contributed by atoms with Crippen molar-refractivity contribution in [3.63, 3.8) is 0 Å². The van der Waals surface area contributed by atoms with E-state index in [0.717, 1.165) is 0 Å². The van der Waals surface area contributed by atoms with Crippen molar-refractivity contribution in [2.75, 3.05) is 0 Å². The number of aryl methyl sites for hydroxylation is 1. The molecule has 31 heavy (non-hydrogen) atoms. The van der Waals surface area contributed by atoms with Crippen molar-refractivity contribution in [2.45, 2.75) is 57.2 Å². The third kappa shape index (κ3) is 5.65. The summed E-state index contributed by atoms with van der Waals surface area (Å²) in [5.74, 6) is -0.549. The van der Waals surface area contributed by atoms with Crippen molar-refractivity contribution in [1.29, 1.82) is 5.26 Å². The van der Waals surface area contributed by atoms with E-state index in [4.69, 9.17) is 11.0 Å². The molecule has 0 bridgehead atoms. The van der Waals surface area contributed by atoms with Crippen LogP contribution in [-0.4, -0.2) is 16.9 Å². The fourth-order valence-electron chi connectivity index (χ4n) is 3.86. The van der Waals surface area contributed by atoms with Gasteiger partial charge in [0.2, 0.25) is 0 Å². The molecule has 0 saturated carbocycles. The zero-order valence-corrected chi connectivity index (χ0v) is 17.7. The maximum Gasteiger partial charge on any atom is 0.417 e. The predicted molar refractivity (Wildman–Crippen MR) is 112 cm³/mol. The van der Waals surface area contributed by atoms with E-state index in [9.17, 15) is 22.7 Å². The Balaban J connectivity index is 2.44. The van der Waals surface area contributed by atoms with E-state index in [-0.39, 0.29) is 12.1 Å². The molecule has 0 heterocycles. The Kier molecular flexibility index (Phi) is 7.17. The van der Waals surface area contributed by atoms with Crippen LogP contribution in [0, 0.1) is 24.1 Å². The molecule has 0 amide bonds. The molecule has 2 atom stereocenters. The summed E-state index contributed by atoms with van der Waals surface area (Å²) < 4.78 is 56.0. The van der Waals surface area contributed by atoms with Gasteiger partial charge >= 0.3 is 6.18 Å². The molecule has 3 N–H and O–H groups in total. The fraction of sp³-hybridized carbons (Fsp3) is 0.375. The third-order valence-electron chi connectivity index (χ3n) is 5.70. The van der Waals surface area contributed by atoms with Crippen molar-refractivity contribution < 1.29 is 22.7 Å². The van der Waals surface area contributed by atoms with E-state index in [0.29, 0.717) is 22.3 Å². The van der Waals surface area contributed by atoms with Crippen LogP contribution in [-0.2, 0) is 5.41 Å². The molecule has 166 valence electrons. The molecule has 0 aliphatic rings. The number of alkyl halides is 3. The minimum absolute atomic E-state index is 0.177. The highest BCUT2D eigenvalue weighted by molar-refractivity contribution is 5.54. The Morgan fingerprint density at radius 2 is 1.87 bits per heavy atom. The maximum absolute atomic E-state index is 14.0. The van der Waals surface area contributed by atoms with Crippen LogP contribution < -0.4 is 5.73 Å². The minimum atomic E-state index is -4.96. The van der Waals surface area contributed by atoms with Gasteiger partial charge in [-0.25, -0.2) is 4.39 Å². The van der Waals surface area contributed by atoms with Crippen LogP contribution in [0.3, 0.4) is 0 Å². The van der Waals surface area contributed by atoms with Crippen molar-refractivity contribution in [1.82, 2.24) is 0 Å². The first-order chi connectivity index (χ1) is 14.3. The lowest BCUT2D eigenvalue weighted by Gasteiger charge is -2.40. The molecule has 0 saturated heterocycles. The second-order valence-corrected chi connectivity index (χ2v) is 8.21. The Hall–Kier alpha value is -2.85. The molecule has 0 spiro atoms. The number of aliphatic hydroxyl groups is 1. The highest BCUT2D eigenvalue weighted by Crippen LogP contribution is 2.46. The Labute approximate surface area is 179 Å². The van der Waals surface area contributed by atoms with E-state index >= 15 is 0 Å². The minimum Gasteiger partial charge on any atom is -0.402 e. The lowest BCUT2D eigenvalue weighted by molar-refractivity contribution is -0.266. The Morgan fingerprint density at radius 1 is 1.19 bits per heavy atom. The Morgan fingerprint density at radius 3 is 2.45 bits per heavy atom. The topological polar surface area (TPSA) is 70.0 Å². The first-order valence-corrected chi connectivity index (χ1v) is 9.85. The number of nitrogens with zero attached hydrogens (tertiary/aromatic N) is 1. The van der Waals surface area contributed by atoms with Crippen LogP contribution in [0.5, 0.6) is 0 Å². The quantitative estimate of drug-likeness (QED) is 0.546. The summed E-state index contributed by atoms with van der Waals surface area (Å²) in [7, 11) is 0. The highest BCUT2D eigenvalue weighted by Gasteiger charge is 2.56. The summed E-state index contributed by atoms with van der Waals surface area (Å²) in [6.07, 6.45) is -4.93. The summed E-state index contributed by atoms with van der Waals surface area (Å²) >= 11 is 0. The summed E-state index contributed by atoms with van der Waals surface area (Å²) in [4.78, 5) is 0. The van der Waals surface area contributed by atoms with Gasteiger partial charge in [-0.3, -0.25) is 0 Å². The van der Waals surface area contributed by atoms with E-state index in [1.54, 1.807) is 39.0 Å². The van der Waals surface area contributed by atoms with E-state index in [2.05, 4.69) is 0 Å². The molecule has 2 unspecified atom stereocenters. The zero-order chi connectivity index (χ0) is 23.4. The van der Waals surface area contributed by atoms with Crippen molar-refractivity contribution in [3.05, 3.63) is 76.2 Å². The number of hydrogen-bond acceptors (Lipinski definition) is 3. The molecule has 7 heteroatoms. The normalized spacial score (nSPS) is 16.3. The van der Waals surface area contributed by atoms with Crippen LogP contribution >= 0.6 is 0 Å². The SMILES string of the molecule is CCC(C)(CC(O)(C/C(N)=C/c1cccc(C#N)c1)C(F)(F)F)c1cc(F)ccc1C. The van der Waals surface area contributed by atoms with Gasteiger partial charge in [-0.05, 0) is 72.2 Å². The van der Waals surface area contributed by atoms with Gasteiger partial charge in [0, 0.05) is 12.1 Å². The molecule has 0 aromatic heterocycles. The fourth-order valence-corrected chi connectivity index (χ4v) is 3.86. The molecule has 0 fully saturated rings. The van der Waals surface area contributed by atoms with Crippen LogP contribution in [0.4, 0.5) is 17.6 Å². The van der Waals surface area contributed by atoms with Crippen molar-refractivity contribution in [3.8, 4) is 6.07 Å². The predicted octanol–water partition coefficient (Wildman–Crippen LogP) is 5.75. The van der Waals surface area contributed by atoms with Crippen molar-refractivity contribution in [2.24, 2.45) is 5.73 Å². The second kappa shape index (κ2) is 9.11. The van der Waals surface area contributed by atoms with Gasteiger partial charge < -0.3 is 10.8 Å². The number of nitrogens with two attached hydrogens (primary N) is 1. The zero-order valence-electron chi connectivity index (χ0n) is 17.7. The molecule has 2 aromatic rings. The lowest BCUT2D eigenvalue weighted by Crippen LogP contribution is -2.50. The van der Waals surface area contributed by atoms with Gasteiger partial charge in [0.15, 0.2) is 5.60 Å². The average molecular weight is 434 g/mol. The molecule has 2 aromatic carbocycles. The number of rotatable bonds is 7. The monoisotopic (exact) mass is 434 g/mol. The van der Waals surface area contributed by atoms with Gasteiger partial charge in [0.1, 0.15) is 5.82 Å². The van der Waals surface area contributed by atoms with Crippen molar-refractivity contribution >= 4 is 6.08 Å². The van der Waals surface area contributed by atoms with E-state index in [1.165, 1.54) is 30.3 Å². The average Bonchev–Trinajstić information content (AvgIpc) is 2.68. The van der Waals surface area contributed by atoms with Crippen LogP contribution in [0.2, 0.25) is 0 Å². The van der Waals surface area contributed by atoms with Crippen LogP contribution in [0.25, 0.3) is 6.08 Å². The Bertz CT molecular complexity index is 1010. The summed E-state index contributed by atoms with van der Waals surface area (Å²) in [5, 5.41) is 19.8. The molecule has 2 rings (SSSR count). The number of benzene rings is 2. The van der Waals surface area contributed by atoms with Gasteiger partial charge in [0.05, 0.1) is 11.6 Å². The number of nitriles is 1. The molecule has 0 radical (unpaired) electrons. The summed E-state index contributed by atoms with van der Waals surface area (Å²) in [5.41, 5.74) is 3.32. The third-order valence-corrected chi connectivity index (χ3v) is 5.70. The van der Waals surface area contributed by atoms with E-state index in [1.807, 2.05) is 6.07 Å². The first-order valence-electron chi connectivity index (χ1n) is 9.85. The maximum atomic E-state index is 14.0. The van der Waals surface area contributed by atoms with Gasteiger partial charge in [-0.15, -0.1) is 0 Å². The summed E-state index contributed by atoms with van der Waals surface area (Å²) in [6.45, 7) is 4.99. The van der Waals surface area contributed by atoms with Gasteiger partial charge in [-0.1, -0.05) is 32.0 Å². The molecule has 0 aliphatic heterocycles. The molecule has 3 nitrogen and oxygen atoms in total. The van der Waals surface area contributed by atoms with Crippen LogP contribution in [0.1, 0.15) is 55.4 Å². The standard InChI is InChI=1S/C24H26F4N2O/c1-4-22(3,21-12-19(25)9-8-16(21)2)15-23(31,24(26,27)28)13-20(30)11-17-6-5-7-18(10-17)14-29/h5-12,31H,4,13,15,30H2,1-3H3/b20-11-. The second-order valence-electron chi connectivity index (χ2n) is 8.21. The van der Waals surface area contributed by atoms with Gasteiger partial charge in [0.25, 0.3) is 0 Å². The number of halogens is 4. The van der Waals surface area contributed by atoms with Gasteiger partial charge in [-0.2, -0.15) is 18.4 Å². The highest BCUT2D eigenvalue weighted by atomic mass is 19.4. The first kappa shape index (κ1) is 24.4.